The van der Waals surface area contributed by atoms with Crippen LogP contribution in [0.2, 0.25) is 10.0 Å². The fraction of sp³-hybridized carbons (Fsp3) is 0.500. The Morgan fingerprint density at radius 2 is 2.00 bits per heavy atom. The van der Waals surface area contributed by atoms with Crippen molar-refractivity contribution in [2.24, 2.45) is 5.16 Å². The van der Waals surface area contributed by atoms with E-state index in [1.807, 2.05) is 18.2 Å². The van der Waals surface area contributed by atoms with E-state index in [4.69, 9.17) is 28.0 Å². The Hall–Kier alpha value is -0.290. The molecule has 2 heterocycles. The van der Waals surface area contributed by atoms with Gasteiger partial charge in [0.2, 0.25) is 0 Å². The van der Waals surface area contributed by atoms with Gasteiger partial charge in [0, 0.05) is 38.9 Å². The van der Waals surface area contributed by atoms with Crippen molar-refractivity contribution in [1.29, 1.82) is 0 Å². The second-order valence-corrected chi connectivity index (χ2v) is 7.17. The highest BCUT2D eigenvalue weighted by molar-refractivity contribution is 9.18. The topological polar surface area (TPSA) is 24.8 Å². The van der Waals surface area contributed by atoms with Crippen molar-refractivity contribution >= 4 is 43.8 Å². The lowest BCUT2D eigenvalue weighted by Crippen LogP contribution is -2.44. The van der Waals surface area contributed by atoms with E-state index in [1.165, 1.54) is 5.56 Å². The summed E-state index contributed by atoms with van der Waals surface area (Å²) in [5, 5.41) is 5.25. The molecule has 0 bridgehead atoms. The van der Waals surface area contributed by atoms with Gasteiger partial charge in [0.25, 0.3) is 0 Å². The molecule has 0 unspecified atom stereocenters. The molecule has 1 aromatic carbocycles. The third-order valence-corrected chi connectivity index (χ3v) is 5.13. The smallest absolute Gasteiger partial charge is 0.146 e. The summed E-state index contributed by atoms with van der Waals surface area (Å²) in [5.41, 5.74) is 1.12. The van der Waals surface area contributed by atoms with Crippen LogP contribution in [0.15, 0.2) is 23.4 Å². The summed E-state index contributed by atoms with van der Waals surface area (Å²) in [7, 11) is 0. The highest BCUT2D eigenvalue weighted by atomic mass is 79.9. The second kappa shape index (κ2) is 5.84. The third kappa shape index (κ3) is 3.14. The van der Waals surface area contributed by atoms with Crippen LogP contribution in [0.4, 0.5) is 0 Å². The van der Waals surface area contributed by atoms with Crippen LogP contribution >= 0.6 is 39.1 Å². The van der Waals surface area contributed by atoms with E-state index in [0.29, 0.717) is 10.0 Å². The van der Waals surface area contributed by atoms with Crippen molar-refractivity contribution in [3.8, 4) is 0 Å². The molecule has 1 fully saturated rings. The van der Waals surface area contributed by atoms with Gasteiger partial charge in [0.15, 0.2) is 0 Å². The van der Waals surface area contributed by atoms with Crippen molar-refractivity contribution < 1.29 is 4.84 Å². The molecule has 0 aliphatic carbocycles. The van der Waals surface area contributed by atoms with Gasteiger partial charge in [-0.1, -0.05) is 34.4 Å². The van der Waals surface area contributed by atoms with Crippen molar-refractivity contribution in [3.63, 3.8) is 0 Å². The van der Waals surface area contributed by atoms with E-state index in [0.717, 1.165) is 43.5 Å². The molecule has 108 valence electrons. The second-order valence-electron chi connectivity index (χ2n) is 5.44. The van der Waals surface area contributed by atoms with Crippen LogP contribution in [0.1, 0.15) is 24.8 Å². The Morgan fingerprint density at radius 3 is 2.60 bits per heavy atom. The molecule has 1 aromatic rings. The number of halogens is 3. The van der Waals surface area contributed by atoms with Crippen LogP contribution in [0.3, 0.4) is 0 Å². The minimum Gasteiger partial charge on any atom is -0.388 e. The summed E-state index contributed by atoms with van der Waals surface area (Å²) in [6.45, 7) is 2.92. The van der Waals surface area contributed by atoms with Crippen molar-refractivity contribution in [2.45, 2.75) is 31.4 Å². The third-order valence-electron chi connectivity index (χ3n) is 3.96. The Kier molecular flexibility index (Phi) is 4.27. The van der Waals surface area contributed by atoms with Gasteiger partial charge in [-0.15, -0.1) is 0 Å². The van der Waals surface area contributed by atoms with Crippen LogP contribution in [0.5, 0.6) is 0 Å². The summed E-state index contributed by atoms with van der Waals surface area (Å²) in [6.07, 6.45) is 2.91. The summed E-state index contributed by atoms with van der Waals surface area (Å²) in [5.74, 6) is 0. The lowest BCUT2D eigenvalue weighted by Gasteiger charge is -2.37. The molecule has 3 rings (SSSR count). The zero-order valence-electron chi connectivity index (χ0n) is 10.9. The molecule has 0 radical (unpaired) electrons. The molecule has 0 aromatic heterocycles. The Balaban J connectivity index is 1.57. The zero-order valence-corrected chi connectivity index (χ0v) is 14.0. The first kappa shape index (κ1) is 14.6. The maximum absolute atomic E-state index is 6.06. The number of hydrogen-bond acceptors (Lipinski definition) is 3. The summed E-state index contributed by atoms with van der Waals surface area (Å²) in [6, 6.07) is 5.83. The fourth-order valence-electron chi connectivity index (χ4n) is 2.76. The molecule has 2 aliphatic rings. The molecule has 0 amide bonds. The minimum absolute atomic E-state index is 0.0764. The van der Waals surface area contributed by atoms with E-state index in [2.05, 4.69) is 26.0 Å². The van der Waals surface area contributed by atoms with Gasteiger partial charge >= 0.3 is 0 Å². The molecule has 0 saturated carbocycles. The monoisotopic (exact) mass is 376 g/mol. The first-order valence-electron chi connectivity index (χ1n) is 6.63. The summed E-state index contributed by atoms with van der Waals surface area (Å²) >= 11 is 15.4. The molecule has 1 saturated heterocycles. The Bertz CT molecular complexity index is 542. The van der Waals surface area contributed by atoms with Crippen molar-refractivity contribution in [2.75, 3.05) is 13.1 Å². The quantitative estimate of drug-likeness (QED) is 0.760. The van der Waals surface area contributed by atoms with E-state index in [9.17, 15) is 0 Å². The van der Waals surface area contributed by atoms with E-state index in [1.54, 1.807) is 0 Å². The number of likely N-dealkylation sites (tertiary alicyclic amines) is 1. The minimum atomic E-state index is -0.0764. The Morgan fingerprint density at radius 1 is 1.25 bits per heavy atom. The molecule has 0 atom stereocenters. The standard InChI is InChI=1S/C14H15BrCl2N2O/c15-13-8-14(20-18-13)3-5-19(6-4-14)9-10-1-2-11(16)12(17)7-10/h1-2,7H,3-6,8-9H2. The number of rotatable bonds is 2. The molecular formula is C14H15BrCl2N2O. The highest BCUT2D eigenvalue weighted by Crippen LogP contribution is 2.36. The fourth-order valence-corrected chi connectivity index (χ4v) is 3.66. The van der Waals surface area contributed by atoms with Crippen LogP contribution < -0.4 is 0 Å². The van der Waals surface area contributed by atoms with E-state index < -0.39 is 0 Å². The highest BCUT2D eigenvalue weighted by Gasteiger charge is 2.41. The van der Waals surface area contributed by atoms with E-state index in [-0.39, 0.29) is 5.60 Å². The normalized spacial score (nSPS) is 21.9. The van der Waals surface area contributed by atoms with Gasteiger partial charge in [0.1, 0.15) is 10.2 Å². The van der Waals surface area contributed by atoms with E-state index >= 15 is 0 Å². The van der Waals surface area contributed by atoms with Crippen molar-refractivity contribution in [3.05, 3.63) is 33.8 Å². The maximum atomic E-state index is 6.06. The average molecular weight is 378 g/mol. The van der Waals surface area contributed by atoms with Crippen molar-refractivity contribution in [1.82, 2.24) is 4.90 Å². The molecule has 2 aliphatic heterocycles. The lowest BCUT2D eigenvalue weighted by molar-refractivity contribution is -0.0627. The largest absolute Gasteiger partial charge is 0.388 e. The van der Waals surface area contributed by atoms with Crippen LogP contribution in [0, 0.1) is 0 Å². The number of nitrogens with zero attached hydrogens (tertiary/aromatic N) is 2. The summed E-state index contributed by atoms with van der Waals surface area (Å²) < 4.78 is 0.926. The molecule has 6 heteroatoms. The molecular weight excluding hydrogens is 363 g/mol. The maximum Gasteiger partial charge on any atom is 0.146 e. The van der Waals surface area contributed by atoms with Gasteiger partial charge in [-0.2, -0.15) is 0 Å². The van der Waals surface area contributed by atoms with Gasteiger partial charge < -0.3 is 4.84 Å². The first-order valence-corrected chi connectivity index (χ1v) is 8.18. The van der Waals surface area contributed by atoms with Crippen LogP contribution in [-0.4, -0.2) is 28.2 Å². The molecule has 1 spiro atoms. The average Bonchev–Trinajstić information content (AvgIpc) is 2.78. The number of oxime groups is 1. The molecule has 20 heavy (non-hydrogen) atoms. The first-order chi connectivity index (χ1) is 9.56. The summed E-state index contributed by atoms with van der Waals surface area (Å²) in [4.78, 5) is 8.02. The molecule has 3 nitrogen and oxygen atoms in total. The van der Waals surface area contributed by atoms with Crippen LogP contribution in [-0.2, 0) is 11.4 Å². The molecule has 0 N–H and O–H groups in total. The predicted molar refractivity (Wildman–Crippen MR) is 85.8 cm³/mol. The SMILES string of the molecule is Clc1ccc(CN2CCC3(CC2)CC(Br)=NO3)cc1Cl. The van der Waals surface area contributed by atoms with Gasteiger partial charge in [0.05, 0.1) is 10.0 Å². The number of piperidine rings is 1. The lowest BCUT2D eigenvalue weighted by atomic mass is 9.89. The van der Waals surface area contributed by atoms with Gasteiger partial charge in [-0.05, 0) is 33.6 Å². The van der Waals surface area contributed by atoms with Crippen LogP contribution in [0.25, 0.3) is 0 Å². The number of hydrogen-bond donors (Lipinski definition) is 0. The Labute approximate surface area is 137 Å². The van der Waals surface area contributed by atoms with Gasteiger partial charge in [-0.25, -0.2) is 0 Å². The van der Waals surface area contributed by atoms with Gasteiger partial charge in [-0.3, -0.25) is 4.90 Å². The zero-order chi connectivity index (χ0) is 14.2. The predicted octanol–water partition coefficient (Wildman–Crippen LogP) is 4.46. The number of benzene rings is 1.